The number of carbonyl (C=O) groups excluding carboxylic acids is 2. The molecule has 5 heteroatoms. The SMILES string of the molecule is COC(=O)CCCCCCCCCC(Cl)CCCC(=O)OC. The summed E-state index contributed by atoms with van der Waals surface area (Å²) < 4.78 is 9.20. The Balaban J connectivity index is 3.25. The van der Waals surface area contributed by atoms with Crippen molar-refractivity contribution in [3.63, 3.8) is 0 Å². The maximum absolute atomic E-state index is 11.0. The van der Waals surface area contributed by atoms with Crippen LogP contribution in [-0.2, 0) is 19.1 Å². The lowest BCUT2D eigenvalue weighted by molar-refractivity contribution is -0.141. The lowest BCUT2D eigenvalue weighted by Crippen LogP contribution is -2.03. The molecule has 0 aliphatic heterocycles. The number of alkyl halides is 1. The van der Waals surface area contributed by atoms with Crippen LogP contribution in [0.15, 0.2) is 0 Å². The predicted molar refractivity (Wildman–Crippen MR) is 89.1 cm³/mol. The van der Waals surface area contributed by atoms with Crippen LogP contribution in [0.5, 0.6) is 0 Å². The van der Waals surface area contributed by atoms with Gasteiger partial charge >= 0.3 is 11.9 Å². The van der Waals surface area contributed by atoms with Crippen LogP contribution < -0.4 is 0 Å². The maximum Gasteiger partial charge on any atom is 0.305 e. The number of methoxy groups -OCH3 is 2. The van der Waals surface area contributed by atoms with Gasteiger partial charge in [-0.1, -0.05) is 38.5 Å². The molecule has 0 radical (unpaired) electrons. The van der Waals surface area contributed by atoms with Crippen LogP contribution >= 0.6 is 11.6 Å². The molecule has 1 unspecified atom stereocenters. The Morgan fingerprint density at radius 1 is 0.727 bits per heavy atom. The number of hydrogen-bond acceptors (Lipinski definition) is 4. The van der Waals surface area contributed by atoms with Gasteiger partial charge in [0, 0.05) is 18.2 Å². The highest BCUT2D eigenvalue weighted by atomic mass is 35.5. The van der Waals surface area contributed by atoms with Crippen LogP contribution in [0.4, 0.5) is 0 Å². The minimum atomic E-state index is -0.156. The molecule has 0 aliphatic carbocycles. The van der Waals surface area contributed by atoms with Gasteiger partial charge in [0.25, 0.3) is 0 Å². The van der Waals surface area contributed by atoms with Gasteiger partial charge in [0.05, 0.1) is 14.2 Å². The Morgan fingerprint density at radius 2 is 1.14 bits per heavy atom. The first-order chi connectivity index (χ1) is 10.6. The molecule has 0 amide bonds. The van der Waals surface area contributed by atoms with Gasteiger partial charge in [-0.3, -0.25) is 9.59 Å². The first-order valence-electron chi connectivity index (χ1n) is 8.37. The number of rotatable bonds is 14. The van der Waals surface area contributed by atoms with E-state index in [1.165, 1.54) is 39.9 Å². The highest BCUT2D eigenvalue weighted by Gasteiger charge is 2.06. The Morgan fingerprint density at radius 3 is 1.68 bits per heavy atom. The minimum Gasteiger partial charge on any atom is -0.469 e. The predicted octanol–water partition coefficient (Wildman–Crippen LogP) is 4.62. The molecule has 0 fully saturated rings. The molecule has 130 valence electrons. The molecule has 0 N–H and O–H groups in total. The normalized spacial score (nSPS) is 12.0. The molecule has 0 spiro atoms. The zero-order chi connectivity index (χ0) is 16.6. The summed E-state index contributed by atoms with van der Waals surface area (Å²) in [6, 6.07) is 0. The molecular formula is C17H31ClO4. The van der Waals surface area contributed by atoms with Gasteiger partial charge in [-0.15, -0.1) is 11.6 Å². The number of halogens is 1. The van der Waals surface area contributed by atoms with Crippen molar-refractivity contribution in [1.29, 1.82) is 0 Å². The number of hydrogen-bond donors (Lipinski definition) is 0. The van der Waals surface area contributed by atoms with Crippen LogP contribution in [0, 0.1) is 0 Å². The van der Waals surface area contributed by atoms with E-state index < -0.39 is 0 Å². The lowest BCUT2D eigenvalue weighted by atomic mass is 10.0. The molecule has 0 heterocycles. The second kappa shape index (κ2) is 15.1. The molecule has 0 saturated heterocycles. The molecule has 0 aliphatic rings. The maximum atomic E-state index is 11.0. The average molecular weight is 335 g/mol. The molecule has 22 heavy (non-hydrogen) atoms. The Kier molecular flexibility index (Phi) is 14.6. The zero-order valence-electron chi connectivity index (χ0n) is 14.1. The standard InChI is InChI=1S/C17H31ClO4/c1-21-16(19)13-9-7-5-3-4-6-8-11-15(18)12-10-14-17(20)22-2/h15H,3-14H2,1-2H3. The highest BCUT2D eigenvalue weighted by Crippen LogP contribution is 2.17. The summed E-state index contributed by atoms with van der Waals surface area (Å²) in [7, 11) is 2.85. The van der Waals surface area contributed by atoms with E-state index >= 15 is 0 Å². The van der Waals surface area contributed by atoms with E-state index in [0.717, 1.165) is 38.5 Å². The number of ether oxygens (including phenoxy) is 2. The van der Waals surface area contributed by atoms with Crippen LogP contribution in [0.3, 0.4) is 0 Å². The van der Waals surface area contributed by atoms with E-state index in [1.807, 2.05) is 0 Å². The molecule has 1 atom stereocenters. The van der Waals surface area contributed by atoms with E-state index in [9.17, 15) is 9.59 Å². The van der Waals surface area contributed by atoms with Crippen LogP contribution in [0.2, 0.25) is 0 Å². The van der Waals surface area contributed by atoms with Gasteiger partial charge in [-0.2, -0.15) is 0 Å². The lowest BCUT2D eigenvalue weighted by Gasteiger charge is -2.08. The zero-order valence-corrected chi connectivity index (χ0v) is 14.8. The average Bonchev–Trinajstić information content (AvgIpc) is 2.52. The summed E-state index contributed by atoms with van der Waals surface area (Å²) >= 11 is 6.24. The molecule has 0 bridgehead atoms. The Hall–Kier alpha value is -0.770. The molecule has 0 aromatic rings. The van der Waals surface area contributed by atoms with Gasteiger partial charge < -0.3 is 9.47 Å². The van der Waals surface area contributed by atoms with Crippen molar-refractivity contribution in [2.24, 2.45) is 0 Å². The minimum absolute atomic E-state index is 0.111. The van der Waals surface area contributed by atoms with Gasteiger partial charge in [-0.25, -0.2) is 0 Å². The topological polar surface area (TPSA) is 52.6 Å². The molecule has 0 saturated carbocycles. The fraction of sp³-hybridized carbons (Fsp3) is 0.882. The van der Waals surface area contributed by atoms with Gasteiger partial charge in [-0.05, 0) is 25.7 Å². The van der Waals surface area contributed by atoms with Crippen LogP contribution in [-0.4, -0.2) is 31.5 Å². The van der Waals surface area contributed by atoms with Crippen molar-refractivity contribution < 1.29 is 19.1 Å². The van der Waals surface area contributed by atoms with Crippen molar-refractivity contribution in [1.82, 2.24) is 0 Å². The quantitative estimate of drug-likeness (QED) is 0.264. The summed E-state index contributed by atoms with van der Waals surface area (Å²) in [5.41, 5.74) is 0. The summed E-state index contributed by atoms with van der Waals surface area (Å²) in [5, 5.41) is 0.171. The monoisotopic (exact) mass is 334 g/mol. The first kappa shape index (κ1) is 21.2. The van der Waals surface area contributed by atoms with E-state index in [2.05, 4.69) is 9.47 Å². The first-order valence-corrected chi connectivity index (χ1v) is 8.81. The summed E-state index contributed by atoms with van der Waals surface area (Å²) in [5.74, 6) is -0.267. The Labute approximate surface area is 139 Å². The largest absolute Gasteiger partial charge is 0.469 e. The fourth-order valence-corrected chi connectivity index (χ4v) is 2.64. The van der Waals surface area contributed by atoms with Gasteiger partial charge in [0.15, 0.2) is 0 Å². The van der Waals surface area contributed by atoms with Crippen molar-refractivity contribution in [2.75, 3.05) is 14.2 Å². The van der Waals surface area contributed by atoms with Crippen LogP contribution in [0.25, 0.3) is 0 Å². The number of unbranched alkanes of at least 4 members (excludes halogenated alkanes) is 6. The molecule has 0 aromatic carbocycles. The van der Waals surface area contributed by atoms with Crippen molar-refractivity contribution in [2.45, 2.75) is 82.4 Å². The highest BCUT2D eigenvalue weighted by molar-refractivity contribution is 6.20. The molecule has 0 rings (SSSR count). The van der Waals surface area contributed by atoms with Crippen molar-refractivity contribution >= 4 is 23.5 Å². The third-order valence-electron chi connectivity index (χ3n) is 3.75. The second-order valence-corrected chi connectivity index (χ2v) is 6.27. The summed E-state index contributed by atoms with van der Waals surface area (Å²) in [4.78, 5) is 21.9. The number of esters is 2. The van der Waals surface area contributed by atoms with Gasteiger partial charge in [0.2, 0.25) is 0 Å². The van der Waals surface area contributed by atoms with E-state index in [4.69, 9.17) is 11.6 Å². The van der Waals surface area contributed by atoms with Crippen molar-refractivity contribution in [3.8, 4) is 0 Å². The smallest absolute Gasteiger partial charge is 0.305 e. The summed E-state index contributed by atoms with van der Waals surface area (Å²) in [6.45, 7) is 0. The fourth-order valence-electron chi connectivity index (χ4n) is 2.34. The molecule has 4 nitrogen and oxygen atoms in total. The summed E-state index contributed by atoms with van der Waals surface area (Å²) in [6.07, 6.45) is 11.7. The van der Waals surface area contributed by atoms with E-state index in [0.29, 0.717) is 12.8 Å². The third-order valence-corrected chi connectivity index (χ3v) is 4.19. The molecular weight excluding hydrogens is 304 g/mol. The van der Waals surface area contributed by atoms with Crippen LogP contribution in [0.1, 0.15) is 77.0 Å². The van der Waals surface area contributed by atoms with E-state index in [-0.39, 0.29) is 17.3 Å². The van der Waals surface area contributed by atoms with Gasteiger partial charge in [0.1, 0.15) is 0 Å². The Bertz CT molecular complexity index is 294. The van der Waals surface area contributed by atoms with E-state index in [1.54, 1.807) is 0 Å². The number of carbonyl (C=O) groups is 2. The second-order valence-electron chi connectivity index (χ2n) is 5.66. The molecule has 0 aromatic heterocycles. The van der Waals surface area contributed by atoms with Crippen molar-refractivity contribution in [3.05, 3.63) is 0 Å². The third kappa shape index (κ3) is 14.2.